The quantitative estimate of drug-likeness (QED) is 0.164. The summed E-state index contributed by atoms with van der Waals surface area (Å²) >= 11 is 0. The van der Waals surface area contributed by atoms with E-state index in [4.69, 9.17) is 5.73 Å². The highest BCUT2D eigenvalue weighted by Gasteiger charge is 2.60. The number of hydrogen-bond donors (Lipinski definition) is 7. The Bertz CT molecular complexity index is 1270. The van der Waals surface area contributed by atoms with Gasteiger partial charge in [0.05, 0.1) is 17.8 Å². The first kappa shape index (κ1) is 25.3. The molecular weight excluding hydrogens is 477 g/mol. The maximum atomic E-state index is 15.1. The molecule has 3 aliphatic rings. The Kier molecular flexibility index (Phi) is 6.35. The molecule has 0 aromatic heterocycles. The molecule has 0 saturated heterocycles. The number of phenols is 1. The van der Waals surface area contributed by atoms with Crippen LogP contribution in [0.3, 0.4) is 0 Å². The number of nitrogens with one attached hydrogen (secondary N) is 2. The Morgan fingerprint density at radius 3 is 2.56 bits per heavy atom. The van der Waals surface area contributed by atoms with Gasteiger partial charge in [0.2, 0.25) is 11.7 Å². The zero-order valence-electron chi connectivity index (χ0n) is 19.4. The zero-order valence-corrected chi connectivity index (χ0v) is 19.4. The van der Waals surface area contributed by atoms with E-state index in [-0.39, 0.29) is 30.6 Å². The second kappa shape index (κ2) is 9.03. The molecule has 192 valence electrons. The van der Waals surface area contributed by atoms with Gasteiger partial charge in [0.25, 0.3) is 5.91 Å². The van der Waals surface area contributed by atoms with E-state index >= 15 is 4.39 Å². The third kappa shape index (κ3) is 3.73. The number of halogens is 1. The van der Waals surface area contributed by atoms with Gasteiger partial charge < -0.3 is 36.8 Å². The Labute approximate surface area is 204 Å². The minimum absolute atomic E-state index is 0.106. The smallest absolute Gasteiger partial charge is 0.255 e. The Morgan fingerprint density at radius 2 is 1.92 bits per heavy atom. The Hall–Kier alpha value is -3.77. The van der Waals surface area contributed by atoms with Gasteiger partial charge in [-0.3, -0.25) is 19.2 Å². The predicted molar refractivity (Wildman–Crippen MR) is 123 cm³/mol. The maximum absolute atomic E-state index is 15.1. The summed E-state index contributed by atoms with van der Waals surface area (Å²) in [5.74, 6) is -9.48. The SMILES string of the molecule is CCCNCC(=O)Nc1cc(F)c2c(c1O)C(O)=C1C(=O)[C@]3(O)C(O)=C(C(N)=O)C(=O)C[C@@H]3CC1C2. The highest BCUT2D eigenvalue weighted by Crippen LogP contribution is 2.52. The van der Waals surface area contributed by atoms with Crippen LogP contribution >= 0.6 is 0 Å². The molecule has 1 fully saturated rings. The number of fused-ring (bicyclic) bond motifs is 3. The number of hydrogen-bond acceptors (Lipinski definition) is 9. The summed E-state index contributed by atoms with van der Waals surface area (Å²) in [6.45, 7) is 2.35. The molecule has 36 heavy (non-hydrogen) atoms. The lowest BCUT2D eigenvalue weighted by atomic mass is 9.59. The molecule has 0 spiro atoms. The first-order chi connectivity index (χ1) is 16.9. The first-order valence-electron chi connectivity index (χ1n) is 11.5. The van der Waals surface area contributed by atoms with Gasteiger partial charge in [-0.05, 0) is 31.7 Å². The molecule has 8 N–H and O–H groups in total. The summed E-state index contributed by atoms with van der Waals surface area (Å²) in [6, 6.07) is 0.906. The number of phenolic OH excluding ortho intramolecular Hbond substituents is 1. The normalized spacial score (nSPS) is 25.3. The van der Waals surface area contributed by atoms with E-state index in [0.717, 1.165) is 12.5 Å². The van der Waals surface area contributed by atoms with Crippen LogP contribution in [-0.2, 0) is 25.6 Å². The van der Waals surface area contributed by atoms with Crippen LogP contribution < -0.4 is 16.4 Å². The minimum Gasteiger partial charge on any atom is -0.508 e. The number of primary amides is 1. The number of rotatable bonds is 6. The molecule has 12 heteroatoms. The highest BCUT2D eigenvalue weighted by molar-refractivity contribution is 6.22. The predicted octanol–water partition coefficient (Wildman–Crippen LogP) is 0.501. The topological polar surface area (TPSA) is 199 Å². The lowest BCUT2D eigenvalue weighted by Crippen LogP contribution is -2.58. The van der Waals surface area contributed by atoms with E-state index in [1.165, 1.54) is 0 Å². The second-order valence-electron chi connectivity index (χ2n) is 9.24. The van der Waals surface area contributed by atoms with Gasteiger partial charge in [0.15, 0.2) is 17.1 Å². The van der Waals surface area contributed by atoms with Gasteiger partial charge in [-0.15, -0.1) is 0 Å². The summed E-state index contributed by atoms with van der Waals surface area (Å²) in [7, 11) is 0. The number of aliphatic hydroxyl groups is 3. The van der Waals surface area contributed by atoms with Gasteiger partial charge in [0, 0.05) is 29.5 Å². The van der Waals surface area contributed by atoms with Crippen LogP contribution in [0.25, 0.3) is 5.76 Å². The minimum atomic E-state index is -2.71. The molecule has 3 atom stereocenters. The Balaban J connectivity index is 1.79. The molecule has 1 aromatic carbocycles. The molecule has 0 heterocycles. The molecule has 4 rings (SSSR count). The van der Waals surface area contributed by atoms with Gasteiger partial charge >= 0.3 is 0 Å². The lowest BCUT2D eigenvalue weighted by Gasteiger charge is -2.46. The van der Waals surface area contributed by atoms with Crippen molar-refractivity contribution in [3.63, 3.8) is 0 Å². The zero-order chi connectivity index (χ0) is 26.5. The molecular formula is C24H26FN3O8. The van der Waals surface area contributed by atoms with E-state index in [1.54, 1.807) is 0 Å². The van der Waals surface area contributed by atoms with Gasteiger partial charge in [-0.2, -0.15) is 0 Å². The monoisotopic (exact) mass is 503 g/mol. The van der Waals surface area contributed by atoms with Gasteiger partial charge in [-0.1, -0.05) is 6.92 Å². The summed E-state index contributed by atoms with van der Waals surface area (Å²) in [6.07, 6.45) is 0.0349. The summed E-state index contributed by atoms with van der Waals surface area (Å²) in [5, 5.41) is 48.8. The van der Waals surface area contributed by atoms with Gasteiger partial charge in [-0.25, -0.2) is 4.39 Å². The second-order valence-corrected chi connectivity index (χ2v) is 9.24. The lowest BCUT2D eigenvalue weighted by molar-refractivity contribution is -0.147. The molecule has 0 radical (unpaired) electrons. The van der Waals surface area contributed by atoms with Crippen LogP contribution in [0.5, 0.6) is 5.75 Å². The van der Waals surface area contributed by atoms with Gasteiger partial charge in [0.1, 0.15) is 22.9 Å². The third-order valence-electron chi connectivity index (χ3n) is 7.00. The summed E-state index contributed by atoms with van der Waals surface area (Å²) in [4.78, 5) is 49.6. The molecule has 3 aliphatic carbocycles. The van der Waals surface area contributed by atoms with E-state index in [0.29, 0.717) is 6.54 Å². The van der Waals surface area contributed by atoms with Crippen LogP contribution in [0.1, 0.15) is 37.3 Å². The van der Waals surface area contributed by atoms with Crippen LogP contribution in [0.2, 0.25) is 0 Å². The highest BCUT2D eigenvalue weighted by atomic mass is 19.1. The van der Waals surface area contributed by atoms with Crippen molar-refractivity contribution >= 4 is 34.8 Å². The fourth-order valence-electron chi connectivity index (χ4n) is 5.31. The number of ketones is 2. The van der Waals surface area contributed by atoms with E-state index < -0.39 is 87.0 Å². The van der Waals surface area contributed by atoms with Crippen LogP contribution in [0.4, 0.5) is 10.1 Å². The fourth-order valence-corrected chi connectivity index (χ4v) is 5.31. The number of amides is 2. The summed E-state index contributed by atoms with van der Waals surface area (Å²) < 4.78 is 15.1. The van der Waals surface area contributed by atoms with Crippen molar-refractivity contribution in [1.82, 2.24) is 5.32 Å². The molecule has 0 bridgehead atoms. The third-order valence-corrected chi connectivity index (χ3v) is 7.00. The number of benzene rings is 1. The maximum Gasteiger partial charge on any atom is 0.255 e. The molecule has 1 aromatic rings. The molecule has 2 amide bonds. The molecule has 1 unspecified atom stereocenters. The first-order valence-corrected chi connectivity index (χ1v) is 11.5. The fraction of sp³-hybridized carbons (Fsp3) is 0.417. The van der Waals surface area contributed by atoms with E-state index in [9.17, 15) is 39.6 Å². The number of nitrogens with two attached hydrogens (primary N) is 1. The number of anilines is 1. The van der Waals surface area contributed by atoms with Crippen molar-refractivity contribution in [3.05, 3.63) is 39.9 Å². The van der Waals surface area contributed by atoms with E-state index in [1.807, 2.05) is 6.92 Å². The molecule has 1 saturated carbocycles. The average Bonchev–Trinajstić information content (AvgIpc) is 2.79. The van der Waals surface area contributed by atoms with Crippen molar-refractivity contribution < 1.29 is 44.0 Å². The standard InChI is InChI=1S/C24H26FN3O8/c1-2-3-27-8-15(30)28-13-7-12(25)11-5-9-4-10-6-14(29)18(23(26)35)22(34)24(10,36)21(33)16(9)20(32)17(11)19(13)31/h7,9-10,27,31-32,34,36H,2-6,8H2,1H3,(H2,26,35)(H,28,30)/t9?,10-,24-/m0/s1. The number of aliphatic hydroxyl groups excluding tert-OH is 2. The largest absolute Gasteiger partial charge is 0.508 e. The number of aromatic hydroxyl groups is 1. The van der Waals surface area contributed by atoms with Crippen LogP contribution in [-0.4, -0.2) is 62.5 Å². The number of Topliss-reactive ketones (excluding diaryl/α,β-unsaturated/α-hetero) is 2. The summed E-state index contributed by atoms with van der Waals surface area (Å²) in [5.41, 5.74) is 0.279. The average molecular weight is 503 g/mol. The molecule has 0 aliphatic heterocycles. The van der Waals surface area contributed by atoms with E-state index in [2.05, 4.69) is 10.6 Å². The van der Waals surface area contributed by atoms with Crippen LogP contribution in [0.15, 0.2) is 23.0 Å². The molecule has 11 nitrogen and oxygen atoms in total. The van der Waals surface area contributed by atoms with Crippen molar-refractivity contribution in [2.45, 2.75) is 38.2 Å². The van der Waals surface area contributed by atoms with Crippen LogP contribution in [0, 0.1) is 17.7 Å². The Morgan fingerprint density at radius 1 is 1.22 bits per heavy atom. The van der Waals surface area contributed by atoms with Crippen molar-refractivity contribution in [3.8, 4) is 5.75 Å². The van der Waals surface area contributed by atoms with Crippen molar-refractivity contribution in [2.24, 2.45) is 17.6 Å². The number of carbonyl (C=O) groups excluding carboxylic acids is 4. The van der Waals surface area contributed by atoms with Crippen molar-refractivity contribution in [2.75, 3.05) is 18.4 Å². The number of carbonyl (C=O) groups is 4. The van der Waals surface area contributed by atoms with Crippen molar-refractivity contribution in [1.29, 1.82) is 0 Å².